The van der Waals surface area contributed by atoms with E-state index in [1.165, 1.54) is 18.4 Å². The highest BCUT2D eigenvalue weighted by molar-refractivity contribution is 8.00. The van der Waals surface area contributed by atoms with E-state index in [4.69, 9.17) is 4.74 Å². The number of ether oxygens (including phenoxy) is 1. The molecule has 1 atom stereocenters. The Hall–Kier alpha value is -2.59. The molecule has 0 fully saturated rings. The number of para-hydroxylation sites is 1. The van der Waals surface area contributed by atoms with E-state index in [9.17, 15) is 18.0 Å². The van der Waals surface area contributed by atoms with Crippen molar-refractivity contribution in [2.75, 3.05) is 30.3 Å². The number of hydrogen-bond donors (Lipinski definition) is 0. The lowest BCUT2D eigenvalue weighted by Gasteiger charge is -2.27. The summed E-state index contributed by atoms with van der Waals surface area (Å²) in [7, 11) is -3.46. The van der Waals surface area contributed by atoms with Crippen molar-refractivity contribution >= 4 is 45.2 Å². The van der Waals surface area contributed by atoms with Crippen molar-refractivity contribution in [1.29, 1.82) is 0 Å². The van der Waals surface area contributed by atoms with Crippen LogP contribution in [0.2, 0.25) is 0 Å². The zero-order chi connectivity index (χ0) is 21.3. The molecule has 1 unspecified atom stereocenters. The van der Waals surface area contributed by atoms with Crippen LogP contribution >= 0.6 is 11.8 Å². The summed E-state index contributed by atoms with van der Waals surface area (Å²) in [5.41, 5.74) is 1.07. The molecule has 0 spiro atoms. The number of nitrogens with zero attached hydrogens (tertiary/aromatic N) is 3. The molecule has 158 valence electrons. The van der Waals surface area contributed by atoms with Gasteiger partial charge in [-0.25, -0.2) is 13.2 Å². The maximum Gasteiger partial charge on any atom is 0.340 e. The van der Waals surface area contributed by atoms with Crippen molar-refractivity contribution in [3.8, 4) is 0 Å². The van der Waals surface area contributed by atoms with Gasteiger partial charge in [0.25, 0.3) is 15.9 Å². The third kappa shape index (κ3) is 4.44. The second-order valence-corrected chi connectivity index (χ2v) is 10.4. The summed E-state index contributed by atoms with van der Waals surface area (Å²) in [5, 5.41) is 0.383. The first-order chi connectivity index (χ1) is 14.3. The quantitative estimate of drug-likeness (QED) is 0.654. The van der Waals surface area contributed by atoms with Gasteiger partial charge in [-0.3, -0.25) is 4.79 Å². The van der Waals surface area contributed by atoms with Gasteiger partial charge in [-0.1, -0.05) is 19.1 Å². The standard InChI is InChI=1S/C20H21N3O5S2/c1-14-8-9-23(16-4-2-3-5-17(16)29-14)19(24)13-28-20(25)15-6-7-18-21-30(26,27)11-10-22(18)12-15/h2-7,12,14H,8-11,13H2,1H3. The van der Waals surface area contributed by atoms with Crippen LogP contribution in [-0.4, -0.2) is 61.7 Å². The second-order valence-electron chi connectivity index (χ2n) is 7.15. The van der Waals surface area contributed by atoms with Crippen molar-refractivity contribution in [1.82, 2.24) is 4.90 Å². The number of fused-ring (bicyclic) bond motifs is 2. The normalized spacial score (nSPS) is 22.2. The van der Waals surface area contributed by atoms with Gasteiger partial charge in [0.2, 0.25) is 0 Å². The van der Waals surface area contributed by atoms with E-state index in [1.54, 1.807) is 21.6 Å². The number of carbonyl (C=O) groups is 2. The van der Waals surface area contributed by atoms with E-state index in [1.807, 2.05) is 24.3 Å². The molecule has 1 aromatic rings. The van der Waals surface area contributed by atoms with Gasteiger partial charge in [0.05, 0.1) is 17.0 Å². The van der Waals surface area contributed by atoms with Gasteiger partial charge in [0, 0.05) is 29.4 Å². The van der Waals surface area contributed by atoms with Crippen LogP contribution < -0.4 is 4.90 Å². The summed E-state index contributed by atoms with van der Waals surface area (Å²) in [6.07, 6.45) is 5.24. The van der Waals surface area contributed by atoms with E-state index in [0.717, 1.165) is 17.0 Å². The van der Waals surface area contributed by atoms with Gasteiger partial charge >= 0.3 is 5.97 Å². The van der Waals surface area contributed by atoms with Crippen molar-refractivity contribution in [3.63, 3.8) is 0 Å². The van der Waals surface area contributed by atoms with Crippen molar-refractivity contribution in [3.05, 3.63) is 48.2 Å². The summed E-state index contributed by atoms with van der Waals surface area (Å²) in [4.78, 5) is 29.6. The second kappa shape index (κ2) is 8.27. The molecule has 0 aliphatic carbocycles. The molecule has 3 aliphatic rings. The van der Waals surface area contributed by atoms with Gasteiger partial charge in [0.15, 0.2) is 6.61 Å². The number of benzene rings is 1. The number of anilines is 1. The van der Waals surface area contributed by atoms with Crippen LogP contribution in [0.5, 0.6) is 0 Å². The smallest absolute Gasteiger partial charge is 0.340 e. The molecule has 0 aromatic heterocycles. The molecule has 1 amide bonds. The van der Waals surface area contributed by atoms with Gasteiger partial charge < -0.3 is 14.5 Å². The minimum Gasteiger partial charge on any atom is -0.452 e. The lowest BCUT2D eigenvalue weighted by atomic mass is 10.2. The fraction of sp³-hybridized carbons (Fsp3) is 0.350. The zero-order valence-corrected chi connectivity index (χ0v) is 18.0. The van der Waals surface area contributed by atoms with Crippen molar-refractivity contribution in [2.45, 2.75) is 23.5 Å². The number of amides is 1. The number of hydrogen-bond acceptors (Lipinski definition) is 7. The third-order valence-electron chi connectivity index (χ3n) is 4.93. The average molecular weight is 448 g/mol. The maximum absolute atomic E-state index is 12.8. The van der Waals surface area contributed by atoms with E-state index in [2.05, 4.69) is 11.3 Å². The molecule has 8 nitrogen and oxygen atoms in total. The first-order valence-corrected chi connectivity index (χ1v) is 12.0. The van der Waals surface area contributed by atoms with Gasteiger partial charge in [0.1, 0.15) is 5.84 Å². The fourth-order valence-electron chi connectivity index (χ4n) is 3.36. The van der Waals surface area contributed by atoms with Crippen LogP contribution in [0.4, 0.5) is 5.69 Å². The number of rotatable bonds is 3. The maximum atomic E-state index is 12.8. The van der Waals surface area contributed by atoms with Gasteiger partial charge in [-0.2, -0.15) is 0 Å². The predicted molar refractivity (Wildman–Crippen MR) is 115 cm³/mol. The fourth-order valence-corrected chi connectivity index (χ4v) is 5.44. The zero-order valence-electron chi connectivity index (χ0n) is 16.4. The minimum absolute atomic E-state index is 0.119. The van der Waals surface area contributed by atoms with Crippen LogP contribution in [-0.2, 0) is 24.3 Å². The molecule has 3 aliphatic heterocycles. The van der Waals surface area contributed by atoms with Crippen molar-refractivity contribution in [2.24, 2.45) is 4.40 Å². The van der Waals surface area contributed by atoms with Crippen LogP contribution in [0.25, 0.3) is 0 Å². The Morgan fingerprint density at radius 2 is 2.03 bits per heavy atom. The molecule has 10 heteroatoms. The summed E-state index contributed by atoms with van der Waals surface area (Å²) in [6.45, 7) is 2.53. The topological polar surface area (TPSA) is 96.4 Å². The molecule has 30 heavy (non-hydrogen) atoms. The first kappa shape index (κ1) is 20.7. The Balaban J connectivity index is 1.42. The Morgan fingerprint density at radius 1 is 1.23 bits per heavy atom. The van der Waals surface area contributed by atoms with E-state index < -0.39 is 16.0 Å². The van der Waals surface area contributed by atoms with Crippen molar-refractivity contribution < 1.29 is 22.7 Å². The molecule has 4 rings (SSSR count). The Bertz CT molecular complexity index is 1080. The molecule has 0 saturated carbocycles. The highest BCUT2D eigenvalue weighted by Gasteiger charge is 2.27. The number of sulfonamides is 1. The number of carbonyl (C=O) groups excluding carboxylic acids is 2. The van der Waals surface area contributed by atoms with Crippen LogP contribution in [0.15, 0.2) is 57.5 Å². The Morgan fingerprint density at radius 3 is 2.87 bits per heavy atom. The molecule has 0 bridgehead atoms. The van der Waals surface area contributed by atoms with Crippen LogP contribution in [0.3, 0.4) is 0 Å². The minimum atomic E-state index is -3.46. The van der Waals surface area contributed by atoms with Crippen LogP contribution in [0.1, 0.15) is 13.3 Å². The predicted octanol–water partition coefficient (Wildman–Crippen LogP) is 1.94. The third-order valence-corrected chi connectivity index (χ3v) is 7.33. The lowest BCUT2D eigenvalue weighted by molar-refractivity contribution is -0.143. The van der Waals surface area contributed by atoms with E-state index in [0.29, 0.717) is 11.8 Å². The monoisotopic (exact) mass is 447 g/mol. The summed E-state index contributed by atoms with van der Waals surface area (Å²) >= 11 is 1.73. The SMILES string of the molecule is CC1CCN(C(=O)COC(=O)C2=CN3CCS(=O)(=O)N=C3C=C2)c2ccccc2S1. The van der Waals surface area contributed by atoms with Gasteiger partial charge in [-0.05, 0) is 30.7 Å². The Labute approximate surface area is 179 Å². The Kier molecular flexibility index (Phi) is 5.70. The molecule has 1 aromatic carbocycles. The number of esters is 1. The largest absolute Gasteiger partial charge is 0.452 e. The average Bonchev–Trinajstić information content (AvgIpc) is 2.89. The number of amidine groups is 1. The lowest BCUT2D eigenvalue weighted by Crippen LogP contribution is -2.38. The molecule has 3 heterocycles. The van der Waals surface area contributed by atoms with Gasteiger partial charge in [-0.15, -0.1) is 16.2 Å². The number of thioether (sulfide) groups is 1. The first-order valence-electron chi connectivity index (χ1n) is 9.55. The highest BCUT2D eigenvalue weighted by Crippen LogP contribution is 2.37. The summed E-state index contributed by atoms with van der Waals surface area (Å²) in [5.74, 6) is -0.774. The summed E-state index contributed by atoms with van der Waals surface area (Å²) in [6, 6.07) is 7.72. The molecular formula is C20H21N3O5S2. The molecular weight excluding hydrogens is 426 g/mol. The summed E-state index contributed by atoms with van der Waals surface area (Å²) < 4.78 is 32.1. The molecule has 0 radical (unpaired) electrons. The van der Waals surface area contributed by atoms with E-state index in [-0.39, 0.29) is 36.2 Å². The van der Waals surface area contributed by atoms with Crippen LogP contribution in [0, 0.1) is 0 Å². The van der Waals surface area contributed by atoms with E-state index >= 15 is 0 Å². The molecule has 0 saturated heterocycles. The highest BCUT2D eigenvalue weighted by atomic mass is 32.2. The molecule has 0 N–H and O–H groups in total.